The summed E-state index contributed by atoms with van der Waals surface area (Å²) in [6.07, 6.45) is 6.90. The number of ether oxygens (including phenoxy) is 1. The van der Waals surface area contributed by atoms with Crippen molar-refractivity contribution in [1.29, 1.82) is 0 Å². The number of aliphatic hydroxyl groups is 1. The highest BCUT2D eigenvalue weighted by atomic mass is 16.5. The Morgan fingerprint density at radius 3 is 2.53 bits per heavy atom. The number of carbonyl (C=O) groups excluding carboxylic acids is 1. The molecule has 1 aliphatic rings. The Bertz CT molecular complexity index is 241. The van der Waals surface area contributed by atoms with Crippen molar-refractivity contribution in [2.45, 2.75) is 51.0 Å². The molecule has 1 saturated heterocycles. The zero-order valence-electron chi connectivity index (χ0n) is 11.9. The zero-order valence-corrected chi connectivity index (χ0v) is 11.9. The quantitative estimate of drug-likeness (QED) is 0.611. The van der Waals surface area contributed by atoms with Gasteiger partial charge in [0, 0.05) is 19.5 Å². The van der Waals surface area contributed by atoms with Gasteiger partial charge in [-0.1, -0.05) is 12.8 Å². The maximum Gasteiger partial charge on any atom is 0.222 e. The molecule has 0 unspecified atom stereocenters. The molecule has 0 atom stereocenters. The average Bonchev–Trinajstić information content (AvgIpc) is 2.45. The number of aliphatic hydroxyl groups excluding tert-OH is 1. The number of unbranched alkanes of at least 4 members (excludes halogenated alkanes) is 3. The van der Waals surface area contributed by atoms with Crippen molar-refractivity contribution in [1.82, 2.24) is 4.90 Å². The maximum atomic E-state index is 12.0. The van der Waals surface area contributed by atoms with E-state index < -0.39 is 0 Å². The van der Waals surface area contributed by atoms with Crippen LogP contribution in [0.4, 0.5) is 0 Å². The second-order valence-electron chi connectivity index (χ2n) is 5.13. The predicted molar refractivity (Wildman–Crippen MR) is 74.8 cm³/mol. The lowest BCUT2D eigenvalue weighted by Crippen LogP contribution is -2.41. The van der Waals surface area contributed by atoms with Crippen LogP contribution < -0.4 is 5.73 Å². The van der Waals surface area contributed by atoms with Gasteiger partial charge in [-0.25, -0.2) is 0 Å². The molecule has 5 nitrogen and oxygen atoms in total. The third-order valence-corrected chi connectivity index (χ3v) is 3.58. The molecule has 0 aromatic carbocycles. The van der Waals surface area contributed by atoms with E-state index in [0.29, 0.717) is 13.0 Å². The van der Waals surface area contributed by atoms with Crippen molar-refractivity contribution in [3.8, 4) is 0 Å². The number of carbonyl (C=O) groups is 1. The van der Waals surface area contributed by atoms with Crippen LogP contribution in [0.1, 0.15) is 44.9 Å². The third-order valence-electron chi connectivity index (χ3n) is 3.58. The fraction of sp³-hybridized carbons (Fsp3) is 0.929. The fourth-order valence-electron chi connectivity index (χ4n) is 2.42. The standard InChI is InChI=1S/C14H28N2O3/c15-8-4-2-1-3-5-14(18)16-9-6-13(7-10-16)19-12-11-17/h13,17H,1-12,15H2. The van der Waals surface area contributed by atoms with Crippen LogP contribution in [-0.2, 0) is 9.53 Å². The minimum Gasteiger partial charge on any atom is -0.394 e. The van der Waals surface area contributed by atoms with E-state index >= 15 is 0 Å². The number of nitrogens with zero attached hydrogens (tertiary/aromatic N) is 1. The molecule has 1 amide bonds. The van der Waals surface area contributed by atoms with Crippen LogP contribution in [0.2, 0.25) is 0 Å². The lowest BCUT2D eigenvalue weighted by Gasteiger charge is -2.32. The number of hydrogen-bond donors (Lipinski definition) is 2. The first-order valence-electron chi connectivity index (χ1n) is 7.48. The number of piperidine rings is 1. The topological polar surface area (TPSA) is 75.8 Å². The molecule has 3 N–H and O–H groups in total. The Hall–Kier alpha value is -0.650. The highest BCUT2D eigenvalue weighted by molar-refractivity contribution is 5.76. The smallest absolute Gasteiger partial charge is 0.222 e. The molecule has 1 fully saturated rings. The SMILES string of the molecule is NCCCCCCC(=O)N1CCC(OCCO)CC1. The summed E-state index contributed by atoms with van der Waals surface area (Å²) in [5.74, 6) is 0.272. The molecule has 5 heteroatoms. The van der Waals surface area contributed by atoms with Gasteiger partial charge in [0.25, 0.3) is 0 Å². The molecule has 19 heavy (non-hydrogen) atoms. The van der Waals surface area contributed by atoms with Gasteiger partial charge >= 0.3 is 0 Å². The highest BCUT2D eigenvalue weighted by Crippen LogP contribution is 2.15. The van der Waals surface area contributed by atoms with Gasteiger partial charge in [0.2, 0.25) is 5.91 Å². The summed E-state index contributed by atoms with van der Waals surface area (Å²) in [6, 6.07) is 0. The van der Waals surface area contributed by atoms with E-state index in [1.807, 2.05) is 4.90 Å². The van der Waals surface area contributed by atoms with Gasteiger partial charge in [-0.2, -0.15) is 0 Å². The summed E-state index contributed by atoms with van der Waals surface area (Å²) in [4.78, 5) is 13.9. The Labute approximate surface area is 116 Å². The van der Waals surface area contributed by atoms with Crippen molar-refractivity contribution in [2.24, 2.45) is 5.73 Å². The van der Waals surface area contributed by atoms with E-state index in [1.54, 1.807) is 0 Å². The summed E-state index contributed by atoms with van der Waals surface area (Å²) in [5.41, 5.74) is 5.43. The Balaban J connectivity index is 2.07. The Morgan fingerprint density at radius 2 is 1.89 bits per heavy atom. The van der Waals surface area contributed by atoms with Crippen molar-refractivity contribution >= 4 is 5.91 Å². The average molecular weight is 272 g/mol. The maximum absolute atomic E-state index is 12.0. The van der Waals surface area contributed by atoms with Gasteiger partial charge in [0.05, 0.1) is 19.3 Å². The molecule has 0 radical (unpaired) electrons. The van der Waals surface area contributed by atoms with Gasteiger partial charge in [-0.3, -0.25) is 4.79 Å². The van der Waals surface area contributed by atoms with Crippen LogP contribution >= 0.6 is 0 Å². The summed E-state index contributed by atoms with van der Waals surface area (Å²) < 4.78 is 5.49. The number of amides is 1. The molecule has 0 aliphatic carbocycles. The summed E-state index contributed by atoms with van der Waals surface area (Å²) >= 11 is 0. The largest absolute Gasteiger partial charge is 0.394 e. The predicted octanol–water partition coefficient (Wildman–Crippen LogP) is 0.895. The third kappa shape index (κ3) is 6.89. The first-order chi connectivity index (χ1) is 9.27. The zero-order chi connectivity index (χ0) is 13.9. The summed E-state index contributed by atoms with van der Waals surface area (Å²) in [7, 11) is 0. The van der Waals surface area contributed by atoms with Gasteiger partial charge in [-0.05, 0) is 32.2 Å². The first-order valence-corrected chi connectivity index (χ1v) is 7.48. The van der Waals surface area contributed by atoms with Crippen LogP contribution in [0.25, 0.3) is 0 Å². The second kappa shape index (κ2) is 10.2. The van der Waals surface area contributed by atoms with Crippen LogP contribution in [0.3, 0.4) is 0 Å². The summed E-state index contributed by atoms with van der Waals surface area (Å²) in [5, 5.41) is 8.70. The van der Waals surface area contributed by atoms with Crippen molar-refractivity contribution < 1.29 is 14.6 Å². The van der Waals surface area contributed by atoms with E-state index in [-0.39, 0.29) is 18.6 Å². The van der Waals surface area contributed by atoms with Crippen molar-refractivity contribution in [2.75, 3.05) is 32.8 Å². The van der Waals surface area contributed by atoms with Crippen LogP contribution in [0, 0.1) is 0 Å². The van der Waals surface area contributed by atoms with Crippen LogP contribution in [-0.4, -0.2) is 54.9 Å². The van der Waals surface area contributed by atoms with Gasteiger partial charge in [0.1, 0.15) is 0 Å². The molecule has 0 spiro atoms. The number of likely N-dealkylation sites (tertiary alicyclic amines) is 1. The van der Waals surface area contributed by atoms with E-state index in [9.17, 15) is 4.79 Å². The van der Waals surface area contributed by atoms with Crippen LogP contribution in [0.5, 0.6) is 0 Å². The molecular weight excluding hydrogens is 244 g/mol. The monoisotopic (exact) mass is 272 g/mol. The molecule has 112 valence electrons. The fourth-order valence-corrected chi connectivity index (χ4v) is 2.42. The minimum absolute atomic E-state index is 0.0714. The Kier molecular flexibility index (Phi) is 8.79. The lowest BCUT2D eigenvalue weighted by molar-refractivity contribution is -0.134. The lowest BCUT2D eigenvalue weighted by atomic mass is 10.1. The number of nitrogens with two attached hydrogens (primary N) is 1. The minimum atomic E-state index is 0.0714. The van der Waals surface area contributed by atoms with Crippen molar-refractivity contribution in [3.05, 3.63) is 0 Å². The molecule has 0 aromatic heterocycles. The van der Waals surface area contributed by atoms with E-state index in [4.69, 9.17) is 15.6 Å². The van der Waals surface area contributed by atoms with Gasteiger partial charge in [0.15, 0.2) is 0 Å². The molecule has 1 heterocycles. The van der Waals surface area contributed by atoms with Crippen molar-refractivity contribution in [3.63, 3.8) is 0 Å². The molecule has 0 bridgehead atoms. The Morgan fingerprint density at radius 1 is 1.21 bits per heavy atom. The number of rotatable bonds is 9. The molecule has 0 saturated carbocycles. The molecular formula is C14H28N2O3. The van der Waals surface area contributed by atoms with Crippen LogP contribution in [0.15, 0.2) is 0 Å². The van der Waals surface area contributed by atoms with E-state index in [1.165, 1.54) is 0 Å². The highest BCUT2D eigenvalue weighted by Gasteiger charge is 2.22. The number of hydrogen-bond acceptors (Lipinski definition) is 4. The first kappa shape index (κ1) is 16.4. The van der Waals surface area contributed by atoms with Gasteiger partial charge < -0.3 is 20.5 Å². The van der Waals surface area contributed by atoms with E-state index in [2.05, 4.69) is 0 Å². The summed E-state index contributed by atoms with van der Waals surface area (Å²) in [6.45, 7) is 2.80. The molecule has 1 aliphatic heterocycles. The van der Waals surface area contributed by atoms with E-state index in [0.717, 1.165) is 58.2 Å². The molecule has 1 rings (SSSR count). The molecule has 0 aromatic rings. The second-order valence-corrected chi connectivity index (χ2v) is 5.13. The normalized spacial score (nSPS) is 16.8. The van der Waals surface area contributed by atoms with Gasteiger partial charge in [-0.15, -0.1) is 0 Å².